The van der Waals surface area contributed by atoms with Crippen molar-refractivity contribution >= 4 is 17.1 Å². The van der Waals surface area contributed by atoms with Gasteiger partial charge in [0.05, 0.1) is 19.5 Å². The van der Waals surface area contributed by atoms with Gasteiger partial charge >= 0.3 is 11.7 Å². The van der Waals surface area contributed by atoms with E-state index < -0.39 is 23.8 Å². The Balaban J connectivity index is 1.52. The van der Waals surface area contributed by atoms with Crippen LogP contribution in [-0.4, -0.2) is 45.2 Å². The van der Waals surface area contributed by atoms with Crippen LogP contribution >= 0.6 is 0 Å². The maximum Gasteiger partial charge on any atom is 0.333 e. The Bertz CT molecular complexity index is 1500. The van der Waals surface area contributed by atoms with Gasteiger partial charge in [-0.1, -0.05) is 30.3 Å². The second-order valence-electron chi connectivity index (χ2n) is 7.84. The lowest BCUT2D eigenvalue weighted by atomic mass is 10.2. The lowest BCUT2D eigenvalue weighted by Crippen LogP contribution is -2.43. The first-order chi connectivity index (χ1) is 17.0. The number of fused-ring (bicyclic) bond motifs is 2. The third-order valence-corrected chi connectivity index (χ3v) is 5.57. The molecule has 0 fully saturated rings. The standard InChI is InChI=1S/C24H22N4O7/c1-32-10-9-26-14-25-22-21(26)23(30)28(24(31)27(22)12-16-5-3-2-4-6-16)13-20(29)35-17-7-8-18-19(11-17)34-15-33-18/h2-8,11,14H,9-10,12-13,15H2,1H3. The van der Waals surface area contributed by atoms with E-state index in [9.17, 15) is 14.4 Å². The van der Waals surface area contributed by atoms with Gasteiger partial charge in [-0.3, -0.25) is 9.36 Å². The first-order valence-corrected chi connectivity index (χ1v) is 10.9. The van der Waals surface area contributed by atoms with Crippen LogP contribution in [0.15, 0.2) is 64.4 Å². The van der Waals surface area contributed by atoms with Crippen molar-refractivity contribution in [2.24, 2.45) is 0 Å². The van der Waals surface area contributed by atoms with Crippen molar-refractivity contribution in [1.29, 1.82) is 0 Å². The van der Waals surface area contributed by atoms with Gasteiger partial charge in [0.15, 0.2) is 22.7 Å². The molecule has 0 saturated heterocycles. The van der Waals surface area contributed by atoms with Gasteiger partial charge in [-0.05, 0) is 17.7 Å². The average Bonchev–Trinajstić information content (AvgIpc) is 3.50. The zero-order valence-corrected chi connectivity index (χ0v) is 18.9. The number of aromatic nitrogens is 4. The molecule has 1 aliphatic heterocycles. The summed E-state index contributed by atoms with van der Waals surface area (Å²) < 4.78 is 24.9. The van der Waals surface area contributed by atoms with Crippen LogP contribution in [0.5, 0.6) is 17.2 Å². The number of benzene rings is 2. The van der Waals surface area contributed by atoms with Gasteiger partial charge in [0.1, 0.15) is 12.3 Å². The van der Waals surface area contributed by atoms with Gasteiger partial charge in [-0.25, -0.2) is 19.1 Å². The summed E-state index contributed by atoms with van der Waals surface area (Å²) in [7, 11) is 1.55. The van der Waals surface area contributed by atoms with E-state index in [2.05, 4.69) is 4.98 Å². The normalized spacial score (nSPS) is 12.3. The highest BCUT2D eigenvalue weighted by molar-refractivity contribution is 5.74. The van der Waals surface area contributed by atoms with E-state index in [1.54, 1.807) is 23.8 Å². The van der Waals surface area contributed by atoms with Gasteiger partial charge in [0, 0.05) is 19.7 Å². The molecule has 0 unspecified atom stereocenters. The zero-order chi connectivity index (χ0) is 24.4. The number of ether oxygens (including phenoxy) is 4. The van der Waals surface area contributed by atoms with Gasteiger partial charge in [0.25, 0.3) is 5.56 Å². The molecule has 3 heterocycles. The summed E-state index contributed by atoms with van der Waals surface area (Å²) >= 11 is 0. The highest BCUT2D eigenvalue weighted by Crippen LogP contribution is 2.35. The summed E-state index contributed by atoms with van der Waals surface area (Å²) in [5, 5.41) is 0. The van der Waals surface area contributed by atoms with Crippen LogP contribution in [0.1, 0.15) is 5.56 Å². The molecule has 2 aromatic carbocycles. The SMILES string of the molecule is COCCn1cnc2c1c(=O)n(CC(=O)Oc1ccc3c(c1)OCO3)c(=O)n2Cc1ccccc1. The summed E-state index contributed by atoms with van der Waals surface area (Å²) in [5.41, 5.74) is -0.0131. The van der Waals surface area contributed by atoms with Gasteiger partial charge < -0.3 is 23.5 Å². The van der Waals surface area contributed by atoms with Gasteiger partial charge in [0.2, 0.25) is 6.79 Å². The molecule has 2 aromatic heterocycles. The Morgan fingerprint density at radius 1 is 1.06 bits per heavy atom. The lowest BCUT2D eigenvalue weighted by Gasteiger charge is -2.13. The average molecular weight is 478 g/mol. The van der Waals surface area contributed by atoms with Crippen molar-refractivity contribution in [1.82, 2.24) is 18.7 Å². The van der Waals surface area contributed by atoms with Crippen LogP contribution in [0.3, 0.4) is 0 Å². The number of esters is 1. The summed E-state index contributed by atoms with van der Waals surface area (Å²) in [4.78, 5) is 43.8. The summed E-state index contributed by atoms with van der Waals surface area (Å²) in [6, 6.07) is 14.0. The third kappa shape index (κ3) is 4.41. The molecule has 4 aromatic rings. The van der Waals surface area contributed by atoms with Gasteiger partial charge in [-0.15, -0.1) is 0 Å². The molecular formula is C24H22N4O7. The Kier molecular flexibility index (Phi) is 6.06. The fourth-order valence-corrected chi connectivity index (χ4v) is 3.88. The molecule has 0 radical (unpaired) electrons. The highest BCUT2D eigenvalue weighted by Gasteiger charge is 2.21. The topological polar surface area (TPSA) is 116 Å². The number of rotatable bonds is 8. The number of methoxy groups -OCH3 is 1. The fraction of sp³-hybridized carbons (Fsp3) is 0.250. The quantitative estimate of drug-likeness (QED) is 0.276. The summed E-state index contributed by atoms with van der Waals surface area (Å²) in [5.74, 6) is 0.417. The molecule has 0 saturated carbocycles. The van der Waals surface area contributed by atoms with Crippen molar-refractivity contribution in [3.8, 4) is 17.2 Å². The number of carbonyl (C=O) groups excluding carboxylic acids is 1. The van der Waals surface area contributed by atoms with E-state index in [0.717, 1.165) is 10.1 Å². The predicted molar refractivity (Wildman–Crippen MR) is 124 cm³/mol. The van der Waals surface area contributed by atoms with E-state index in [4.69, 9.17) is 18.9 Å². The van der Waals surface area contributed by atoms with Crippen LogP contribution in [0, 0.1) is 0 Å². The van der Waals surface area contributed by atoms with Crippen molar-refractivity contribution in [2.45, 2.75) is 19.6 Å². The second kappa shape index (κ2) is 9.47. The van der Waals surface area contributed by atoms with E-state index in [0.29, 0.717) is 24.7 Å². The molecule has 1 aliphatic rings. The first-order valence-electron chi connectivity index (χ1n) is 10.9. The van der Waals surface area contributed by atoms with E-state index >= 15 is 0 Å². The Morgan fingerprint density at radius 3 is 2.66 bits per heavy atom. The molecule has 11 nitrogen and oxygen atoms in total. The van der Waals surface area contributed by atoms with Crippen LogP contribution in [-0.2, 0) is 29.2 Å². The molecule has 35 heavy (non-hydrogen) atoms. The molecule has 0 aliphatic carbocycles. The van der Waals surface area contributed by atoms with Crippen LogP contribution in [0.25, 0.3) is 11.2 Å². The molecule has 0 amide bonds. The Morgan fingerprint density at radius 2 is 1.86 bits per heavy atom. The Labute approximate surface area is 198 Å². The second-order valence-corrected chi connectivity index (χ2v) is 7.84. The van der Waals surface area contributed by atoms with E-state index in [1.807, 2.05) is 30.3 Å². The van der Waals surface area contributed by atoms with Gasteiger partial charge in [-0.2, -0.15) is 0 Å². The van der Waals surface area contributed by atoms with Crippen LogP contribution in [0.4, 0.5) is 0 Å². The predicted octanol–water partition coefficient (Wildman–Crippen LogP) is 1.39. The molecule has 11 heteroatoms. The van der Waals surface area contributed by atoms with E-state index in [-0.39, 0.29) is 30.3 Å². The molecule has 0 N–H and O–H groups in total. The molecule has 0 spiro atoms. The molecule has 0 bridgehead atoms. The molecule has 180 valence electrons. The number of imidazole rings is 1. The number of hydrogen-bond donors (Lipinski definition) is 0. The number of hydrogen-bond acceptors (Lipinski definition) is 8. The van der Waals surface area contributed by atoms with Crippen molar-refractivity contribution in [3.05, 3.63) is 81.3 Å². The van der Waals surface area contributed by atoms with Crippen LogP contribution < -0.4 is 25.5 Å². The minimum absolute atomic E-state index is 0.0832. The highest BCUT2D eigenvalue weighted by atomic mass is 16.7. The molecule has 5 rings (SSSR count). The zero-order valence-electron chi connectivity index (χ0n) is 18.9. The smallest absolute Gasteiger partial charge is 0.333 e. The molecule has 0 atom stereocenters. The van der Waals surface area contributed by atoms with Crippen molar-refractivity contribution in [3.63, 3.8) is 0 Å². The minimum Gasteiger partial charge on any atom is -0.454 e. The lowest BCUT2D eigenvalue weighted by molar-refractivity contribution is -0.135. The maximum absolute atomic E-state index is 13.4. The van der Waals surface area contributed by atoms with E-state index in [1.165, 1.54) is 17.0 Å². The first kappa shape index (κ1) is 22.4. The Hall–Kier alpha value is -4.38. The number of carbonyl (C=O) groups is 1. The van der Waals surface area contributed by atoms with Crippen molar-refractivity contribution in [2.75, 3.05) is 20.5 Å². The molecular weight excluding hydrogens is 456 g/mol. The third-order valence-electron chi connectivity index (χ3n) is 5.57. The van der Waals surface area contributed by atoms with Crippen molar-refractivity contribution < 1.29 is 23.7 Å². The maximum atomic E-state index is 13.4. The minimum atomic E-state index is -0.781. The summed E-state index contributed by atoms with van der Waals surface area (Å²) in [6.45, 7) is 0.378. The monoisotopic (exact) mass is 478 g/mol. The summed E-state index contributed by atoms with van der Waals surface area (Å²) in [6.07, 6.45) is 1.49. The largest absolute Gasteiger partial charge is 0.454 e. The fourth-order valence-electron chi connectivity index (χ4n) is 3.88. The van der Waals surface area contributed by atoms with Crippen LogP contribution in [0.2, 0.25) is 0 Å². The number of nitrogens with zero attached hydrogens (tertiary/aromatic N) is 4.